The van der Waals surface area contributed by atoms with Crippen LogP contribution in [0.4, 0.5) is 0 Å². The molecule has 0 unspecified atom stereocenters. The molecule has 0 spiro atoms. The molecule has 4 rings (SSSR count). The first-order valence-electron chi connectivity index (χ1n) is 8.09. The minimum atomic E-state index is -1.12. The maximum absolute atomic E-state index is 12.5. The molecule has 3 aromatic rings. The Bertz CT molecular complexity index is 844. The first-order chi connectivity index (χ1) is 12.1. The second-order valence-electron chi connectivity index (χ2n) is 6.25. The van der Waals surface area contributed by atoms with E-state index >= 15 is 0 Å². The summed E-state index contributed by atoms with van der Waals surface area (Å²) < 4.78 is 1.77. The van der Waals surface area contributed by atoms with E-state index in [1.54, 1.807) is 15.8 Å². The molecule has 0 bridgehead atoms. The van der Waals surface area contributed by atoms with Gasteiger partial charge < -0.3 is 10.0 Å². The molecule has 0 saturated carbocycles. The summed E-state index contributed by atoms with van der Waals surface area (Å²) in [5.74, 6) is -0.00809. The van der Waals surface area contributed by atoms with Crippen LogP contribution in [0.2, 0.25) is 0 Å². The van der Waals surface area contributed by atoms with Crippen molar-refractivity contribution >= 4 is 5.91 Å². The molecule has 1 atom stereocenters. The number of hydrogen-bond acceptors (Lipinski definition) is 5. The number of amides is 1. The van der Waals surface area contributed by atoms with Gasteiger partial charge in [0.15, 0.2) is 0 Å². The summed E-state index contributed by atoms with van der Waals surface area (Å²) in [7, 11) is 0. The highest BCUT2D eigenvalue weighted by Gasteiger charge is 2.41. The van der Waals surface area contributed by atoms with Crippen LogP contribution in [0.5, 0.6) is 0 Å². The smallest absolute Gasteiger partial charge is 0.227 e. The highest BCUT2D eigenvalue weighted by atomic mass is 16.3. The number of carbonyl (C=O) groups is 1. The van der Waals surface area contributed by atoms with Crippen molar-refractivity contribution < 1.29 is 9.90 Å². The first kappa shape index (κ1) is 15.5. The van der Waals surface area contributed by atoms with Crippen molar-refractivity contribution in [2.45, 2.75) is 18.4 Å². The van der Waals surface area contributed by atoms with Gasteiger partial charge in [-0.05, 0) is 23.8 Å². The fraction of sp³-hybridized carbons (Fsp3) is 0.294. The molecule has 0 radical (unpaired) electrons. The molecular formula is C17H18N6O2. The Labute approximate surface area is 144 Å². The summed E-state index contributed by atoms with van der Waals surface area (Å²) in [6, 6.07) is 9.58. The van der Waals surface area contributed by atoms with E-state index < -0.39 is 5.60 Å². The summed E-state index contributed by atoms with van der Waals surface area (Å²) >= 11 is 0. The van der Waals surface area contributed by atoms with Crippen LogP contribution in [0, 0.1) is 0 Å². The normalized spacial score (nSPS) is 20.1. The fourth-order valence-electron chi connectivity index (χ4n) is 3.12. The summed E-state index contributed by atoms with van der Waals surface area (Å²) in [5, 5.41) is 25.0. The molecule has 2 N–H and O–H groups in total. The van der Waals surface area contributed by atoms with Gasteiger partial charge in [0.25, 0.3) is 0 Å². The van der Waals surface area contributed by atoms with Gasteiger partial charge in [-0.3, -0.25) is 4.79 Å². The number of aliphatic hydroxyl groups is 1. The van der Waals surface area contributed by atoms with Crippen molar-refractivity contribution in [3.05, 3.63) is 60.2 Å². The van der Waals surface area contributed by atoms with Gasteiger partial charge in [-0.1, -0.05) is 12.1 Å². The average Bonchev–Trinajstić information content (AvgIpc) is 3.37. The molecule has 8 heteroatoms. The molecule has 3 heterocycles. The molecule has 8 nitrogen and oxygen atoms in total. The van der Waals surface area contributed by atoms with E-state index in [1.807, 2.05) is 36.5 Å². The van der Waals surface area contributed by atoms with Crippen molar-refractivity contribution in [2.24, 2.45) is 0 Å². The van der Waals surface area contributed by atoms with Crippen molar-refractivity contribution in [2.75, 3.05) is 13.1 Å². The number of aromatic nitrogens is 5. The monoisotopic (exact) mass is 338 g/mol. The van der Waals surface area contributed by atoms with E-state index in [0.717, 1.165) is 11.3 Å². The summed E-state index contributed by atoms with van der Waals surface area (Å²) in [5.41, 5.74) is 1.24. The zero-order chi connectivity index (χ0) is 17.3. The van der Waals surface area contributed by atoms with Gasteiger partial charge in [-0.2, -0.15) is 20.5 Å². The van der Waals surface area contributed by atoms with Crippen LogP contribution in [0.3, 0.4) is 0 Å². The molecule has 1 saturated heterocycles. The Kier molecular flexibility index (Phi) is 3.81. The Morgan fingerprint density at radius 2 is 2.16 bits per heavy atom. The molecule has 1 aliphatic rings. The number of likely N-dealkylation sites (tertiary alicyclic amines) is 1. The van der Waals surface area contributed by atoms with Crippen LogP contribution >= 0.6 is 0 Å². The van der Waals surface area contributed by atoms with Gasteiger partial charge in [-0.15, -0.1) is 0 Å². The Balaban J connectivity index is 1.41. The lowest BCUT2D eigenvalue weighted by Crippen LogP contribution is -2.35. The van der Waals surface area contributed by atoms with Crippen LogP contribution in [0.1, 0.15) is 17.7 Å². The van der Waals surface area contributed by atoms with E-state index in [1.165, 1.54) is 6.20 Å². The number of nitrogens with one attached hydrogen (secondary N) is 1. The highest BCUT2D eigenvalue weighted by Crippen LogP contribution is 2.30. The zero-order valence-corrected chi connectivity index (χ0v) is 13.5. The third-order valence-electron chi connectivity index (χ3n) is 4.55. The van der Waals surface area contributed by atoms with Gasteiger partial charge in [-0.25, -0.2) is 4.68 Å². The lowest BCUT2D eigenvalue weighted by atomic mass is 10.00. The van der Waals surface area contributed by atoms with E-state index in [9.17, 15) is 9.90 Å². The summed E-state index contributed by atoms with van der Waals surface area (Å²) in [6.45, 7) is 0.747. The number of rotatable bonds is 4. The Morgan fingerprint density at radius 3 is 2.84 bits per heavy atom. The minimum absolute atomic E-state index is 0.00809. The molecule has 1 aliphatic heterocycles. The van der Waals surface area contributed by atoms with E-state index in [0.29, 0.717) is 25.1 Å². The standard InChI is InChI=1S/C17H18N6O2/c24-16(22-9-6-17(25,12-22)15-11-18-21-20-15)10-13-2-4-14(5-3-13)23-8-1-7-19-23/h1-5,7-8,11,25H,6,9-10,12H2,(H,18,20,21)/t17-/m1/s1. The molecule has 1 amide bonds. The van der Waals surface area contributed by atoms with Gasteiger partial charge in [0.2, 0.25) is 5.91 Å². The highest BCUT2D eigenvalue weighted by molar-refractivity contribution is 5.79. The number of benzene rings is 1. The maximum Gasteiger partial charge on any atom is 0.227 e. The Hall–Kier alpha value is -3.00. The average molecular weight is 338 g/mol. The molecule has 1 fully saturated rings. The lowest BCUT2D eigenvalue weighted by molar-refractivity contribution is -0.130. The second-order valence-corrected chi connectivity index (χ2v) is 6.25. The molecular weight excluding hydrogens is 320 g/mol. The molecule has 0 aliphatic carbocycles. The third kappa shape index (κ3) is 3.03. The summed E-state index contributed by atoms with van der Waals surface area (Å²) in [6.07, 6.45) is 5.86. The van der Waals surface area contributed by atoms with Gasteiger partial charge >= 0.3 is 0 Å². The van der Waals surface area contributed by atoms with Crippen LogP contribution in [-0.2, 0) is 16.8 Å². The van der Waals surface area contributed by atoms with Crippen molar-refractivity contribution in [1.29, 1.82) is 0 Å². The van der Waals surface area contributed by atoms with Crippen LogP contribution < -0.4 is 0 Å². The van der Waals surface area contributed by atoms with Gasteiger partial charge in [0.05, 0.1) is 24.8 Å². The van der Waals surface area contributed by atoms with E-state index in [4.69, 9.17) is 0 Å². The summed E-state index contributed by atoms with van der Waals surface area (Å²) in [4.78, 5) is 14.2. The maximum atomic E-state index is 12.5. The lowest BCUT2D eigenvalue weighted by Gasteiger charge is -2.21. The van der Waals surface area contributed by atoms with Crippen LogP contribution in [0.25, 0.3) is 5.69 Å². The topological polar surface area (TPSA) is 99.9 Å². The van der Waals surface area contributed by atoms with Crippen molar-refractivity contribution in [3.8, 4) is 5.69 Å². The molecule has 25 heavy (non-hydrogen) atoms. The van der Waals surface area contributed by atoms with Gasteiger partial charge in [0, 0.05) is 25.4 Å². The van der Waals surface area contributed by atoms with E-state index in [-0.39, 0.29) is 12.5 Å². The van der Waals surface area contributed by atoms with Crippen LogP contribution in [0.15, 0.2) is 48.9 Å². The fourth-order valence-corrected chi connectivity index (χ4v) is 3.12. The molecule has 128 valence electrons. The van der Waals surface area contributed by atoms with Gasteiger partial charge in [0.1, 0.15) is 11.3 Å². The number of aromatic amines is 1. The largest absolute Gasteiger partial charge is 0.381 e. The quantitative estimate of drug-likeness (QED) is 0.728. The number of nitrogens with zero attached hydrogens (tertiary/aromatic N) is 5. The predicted molar refractivity (Wildman–Crippen MR) is 88.7 cm³/mol. The Morgan fingerprint density at radius 1 is 1.32 bits per heavy atom. The minimum Gasteiger partial charge on any atom is -0.381 e. The number of β-amino-alcohol motifs (C(OH)–C–C–N with tert-alkyl or cyclic N) is 1. The molecule has 2 aromatic heterocycles. The zero-order valence-electron chi connectivity index (χ0n) is 13.5. The van der Waals surface area contributed by atoms with Crippen molar-refractivity contribution in [1.82, 2.24) is 30.1 Å². The molecule has 1 aromatic carbocycles. The van der Waals surface area contributed by atoms with Crippen LogP contribution in [-0.4, -0.2) is 54.2 Å². The SMILES string of the molecule is O=C(Cc1ccc(-n2cccn2)cc1)N1CC[C@](O)(c2cn[nH]n2)C1. The first-order valence-corrected chi connectivity index (χ1v) is 8.09. The van der Waals surface area contributed by atoms with Crippen molar-refractivity contribution in [3.63, 3.8) is 0 Å². The predicted octanol–water partition coefficient (Wildman–Crippen LogP) is 0.653. The number of carbonyl (C=O) groups excluding carboxylic acids is 1. The third-order valence-corrected chi connectivity index (χ3v) is 4.55. The number of hydrogen-bond donors (Lipinski definition) is 2. The van der Waals surface area contributed by atoms with E-state index in [2.05, 4.69) is 20.5 Å². The second kappa shape index (κ2) is 6.14. The number of H-pyrrole nitrogens is 1.